The lowest BCUT2D eigenvalue weighted by Crippen LogP contribution is -2.51. The number of rotatable bonds is 10. The summed E-state index contributed by atoms with van der Waals surface area (Å²) in [6.45, 7) is 7.16. The summed E-state index contributed by atoms with van der Waals surface area (Å²) < 4.78 is 10.6. The Labute approximate surface area is 224 Å². The van der Waals surface area contributed by atoms with Crippen molar-refractivity contribution in [2.45, 2.75) is 52.3 Å². The summed E-state index contributed by atoms with van der Waals surface area (Å²) in [5.74, 6) is -0.917. The van der Waals surface area contributed by atoms with Crippen LogP contribution in [0.15, 0.2) is 84.9 Å². The Balaban J connectivity index is 1.86. The Bertz CT molecular complexity index is 1190. The molecule has 0 aliphatic rings. The van der Waals surface area contributed by atoms with Gasteiger partial charge in [0.15, 0.2) is 0 Å². The molecule has 0 saturated carbocycles. The number of amides is 2. The van der Waals surface area contributed by atoms with Gasteiger partial charge in [-0.05, 0) is 49.9 Å². The van der Waals surface area contributed by atoms with Crippen molar-refractivity contribution in [1.29, 1.82) is 0 Å². The molecular weight excluding hydrogens is 480 g/mol. The Morgan fingerprint density at radius 1 is 0.816 bits per heavy atom. The van der Waals surface area contributed by atoms with Crippen molar-refractivity contribution < 1.29 is 23.9 Å². The Morgan fingerprint density at radius 3 is 1.97 bits per heavy atom. The van der Waals surface area contributed by atoms with Crippen molar-refractivity contribution in [1.82, 2.24) is 10.2 Å². The smallest absolute Gasteiger partial charge is 0.408 e. The summed E-state index contributed by atoms with van der Waals surface area (Å²) in [5, 5.41) is 2.74. The van der Waals surface area contributed by atoms with Crippen LogP contribution in [-0.2, 0) is 32.0 Å². The molecular formula is C31H36N2O5. The first-order valence-corrected chi connectivity index (χ1v) is 12.8. The fraction of sp³-hybridized carbons (Fsp3) is 0.323. The maximum absolute atomic E-state index is 13.8. The molecule has 3 aromatic carbocycles. The molecule has 0 aliphatic heterocycles. The summed E-state index contributed by atoms with van der Waals surface area (Å²) in [4.78, 5) is 40.3. The van der Waals surface area contributed by atoms with E-state index >= 15 is 0 Å². The van der Waals surface area contributed by atoms with Gasteiger partial charge in [-0.2, -0.15) is 0 Å². The van der Waals surface area contributed by atoms with Gasteiger partial charge in [0.05, 0.1) is 6.61 Å². The average molecular weight is 517 g/mol. The molecule has 7 nitrogen and oxygen atoms in total. The third-order valence-electron chi connectivity index (χ3n) is 5.64. The normalized spacial score (nSPS) is 11.8. The van der Waals surface area contributed by atoms with Gasteiger partial charge in [-0.15, -0.1) is 0 Å². The number of carbonyl (C=O) groups excluding carboxylic acids is 3. The van der Waals surface area contributed by atoms with Gasteiger partial charge in [0.2, 0.25) is 5.91 Å². The van der Waals surface area contributed by atoms with Crippen LogP contribution in [0.2, 0.25) is 0 Å². The molecule has 3 aromatic rings. The van der Waals surface area contributed by atoms with E-state index in [1.165, 1.54) is 4.90 Å². The van der Waals surface area contributed by atoms with Crippen LogP contribution in [0.25, 0.3) is 11.1 Å². The maximum Gasteiger partial charge on any atom is 0.408 e. The van der Waals surface area contributed by atoms with Gasteiger partial charge in [-0.1, -0.05) is 84.9 Å². The van der Waals surface area contributed by atoms with E-state index in [-0.39, 0.29) is 26.1 Å². The maximum atomic E-state index is 13.8. The number of carbonyl (C=O) groups is 3. The predicted molar refractivity (Wildman–Crippen MR) is 147 cm³/mol. The molecule has 200 valence electrons. The number of hydrogen-bond donors (Lipinski definition) is 1. The van der Waals surface area contributed by atoms with Crippen LogP contribution in [0, 0.1) is 0 Å². The minimum absolute atomic E-state index is 0.192. The molecule has 0 spiro atoms. The SMILES string of the molecule is CCOC(=O)CN(Cc1ccccc1)C(=O)[C@@H](Cc1ccc(-c2ccccc2)cc1)NC(=O)OC(C)(C)C. The van der Waals surface area contributed by atoms with E-state index in [0.717, 1.165) is 22.3 Å². The highest BCUT2D eigenvalue weighted by molar-refractivity contribution is 5.88. The number of benzene rings is 3. The van der Waals surface area contributed by atoms with Crippen molar-refractivity contribution in [2.24, 2.45) is 0 Å². The monoisotopic (exact) mass is 516 g/mol. The molecule has 38 heavy (non-hydrogen) atoms. The van der Waals surface area contributed by atoms with Crippen LogP contribution in [0.1, 0.15) is 38.8 Å². The fourth-order valence-electron chi connectivity index (χ4n) is 3.95. The molecule has 2 amide bonds. The quantitative estimate of drug-likeness (QED) is 0.366. The van der Waals surface area contributed by atoms with Crippen LogP contribution in [0.4, 0.5) is 4.79 Å². The van der Waals surface area contributed by atoms with Gasteiger partial charge >= 0.3 is 12.1 Å². The lowest BCUT2D eigenvalue weighted by atomic mass is 10.00. The van der Waals surface area contributed by atoms with Crippen LogP contribution >= 0.6 is 0 Å². The number of nitrogens with one attached hydrogen (secondary N) is 1. The molecule has 0 unspecified atom stereocenters. The van der Waals surface area contributed by atoms with Gasteiger partial charge in [-0.25, -0.2) is 4.79 Å². The number of nitrogens with zero attached hydrogens (tertiary/aromatic N) is 1. The molecule has 0 aromatic heterocycles. The van der Waals surface area contributed by atoms with Crippen molar-refractivity contribution in [3.05, 3.63) is 96.1 Å². The van der Waals surface area contributed by atoms with Crippen LogP contribution in [0.3, 0.4) is 0 Å². The highest BCUT2D eigenvalue weighted by Gasteiger charge is 2.30. The van der Waals surface area contributed by atoms with Gasteiger partial charge in [0.25, 0.3) is 0 Å². The zero-order valence-electron chi connectivity index (χ0n) is 22.5. The predicted octanol–water partition coefficient (Wildman–Crippen LogP) is 5.38. The summed E-state index contributed by atoms with van der Waals surface area (Å²) in [6, 6.07) is 26.3. The highest BCUT2D eigenvalue weighted by atomic mass is 16.6. The zero-order valence-corrected chi connectivity index (χ0v) is 22.5. The minimum Gasteiger partial charge on any atom is -0.465 e. The summed E-state index contributed by atoms with van der Waals surface area (Å²) in [6.07, 6.45) is -0.478. The lowest BCUT2D eigenvalue weighted by molar-refractivity contribution is -0.150. The van der Waals surface area contributed by atoms with E-state index in [1.54, 1.807) is 27.7 Å². The Kier molecular flexibility index (Phi) is 10.0. The summed E-state index contributed by atoms with van der Waals surface area (Å²) in [5.41, 5.74) is 3.11. The van der Waals surface area contributed by atoms with Crippen molar-refractivity contribution in [3.63, 3.8) is 0 Å². The van der Waals surface area contributed by atoms with E-state index in [9.17, 15) is 14.4 Å². The van der Waals surface area contributed by atoms with Crippen molar-refractivity contribution in [3.8, 4) is 11.1 Å². The van der Waals surface area contributed by atoms with E-state index in [2.05, 4.69) is 5.32 Å². The van der Waals surface area contributed by atoms with Crippen LogP contribution in [0.5, 0.6) is 0 Å². The molecule has 0 radical (unpaired) electrons. The summed E-state index contributed by atoms with van der Waals surface area (Å²) >= 11 is 0. The number of esters is 1. The largest absolute Gasteiger partial charge is 0.465 e. The Hall–Kier alpha value is -4.13. The number of ether oxygens (including phenoxy) is 2. The first kappa shape index (κ1) is 28.4. The second-order valence-corrected chi connectivity index (χ2v) is 9.95. The molecule has 0 saturated heterocycles. The standard InChI is InChI=1S/C31H36N2O5/c1-5-37-28(34)22-33(21-24-12-8-6-9-13-24)29(35)27(32-30(36)38-31(2,3)4)20-23-16-18-26(19-17-23)25-14-10-7-11-15-25/h6-19,27H,5,20-22H2,1-4H3,(H,32,36)/t27-/m1/s1. The third-order valence-corrected chi connectivity index (χ3v) is 5.64. The fourth-order valence-corrected chi connectivity index (χ4v) is 3.95. The van der Waals surface area contributed by atoms with Crippen molar-refractivity contribution >= 4 is 18.0 Å². The Morgan fingerprint density at radius 2 is 1.39 bits per heavy atom. The molecule has 1 atom stereocenters. The van der Waals surface area contributed by atoms with Crippen LogP contribution in [-0.4, -0.2) is 47.7 Å². The molecule has 0 aliphatic carbocycles. The van der Waals surface area contributed by atoms with E-state index in [1.807, 2.05) is 84.9 Å². The summed E-state index contributed by atoms with van der Waals surface area (Å²) in [7, 11) is 0. The minimum atomic E-state index is -0.953. The van der Waals surface area contributed by atoms with Gasteiger partial charge in [-0.3, -0.25) is 9.59 Å². The number of hydrogen-bond acceptors (Lipinski definition) is 5. The lowest BCUT2D eigenvalue weighted by Gasteiger charge is -2.28. The second kappa shape index (κ2) is 13.4. The van der Waals surface area contributed by atoms with Gasteiger partial charge < -0.3 is 19.7 Å². The number of alkyl carbamates (subject to hydrolysis) is 1. The highest BCUT2D eigenvalue weighted by Crippen LogP contribution is 2.20. The molecule has 3 rings (SSSR count). The molecule has 1 N–H and O–H groups in total. The molecule has 0 heterocycles. The molecule has 0 bridgehead atoms. The van der Waals surface area contributed by atoms with Crippen molar-refractivity contribution in [2.75, 3.05) is 13.2 Å². The topological polar surface area (TPSA) is 84.9 Å². The first-order valence-electron chi connectivity index (χ1n) is 12.8. The third kappa shape index (κ3) is 9.07. The van der Waals surface area contributed by atoms with E-state index in [0.29, 0.717) is 0 Å². The van der Waals surface area contributed by atoms with Gasteiger partial charge in [0, 0.05) is 13.0 Å². The van der Waals surface area contributed by atoms with Crippen LogP contribution < -0.4 is 5.32 Å². The van der Waals surface area contributed by atoms with Gasteiger partial charge in [0.1, 0.15) is 18.2 Å². The average Bonchev–Trinajstić information content (AvgIpc) is 2.88. The van der Waals surface area contributed by atoms with E-state index in [4.69, 9.17) is 9.47 Å². The first-order chi connectivity index (χ1) is 18.1. The molecule has 0 fully saturated rings. The van der Waals surface area contributed by atoms with E-state index < -0.39 is 29.6 Å². The molecule has 7 heteroatoms. The second-order valence-electron chi connectivity index (χ2n) is 9.95. The zero-order chi connectivity index (χ0) is 27.5.